The van der Waals surface area contributed by atoms with Crippen molar-refractivity contribution in [1.82, 2.24) is 5.32 Å². The number of phenolic OH excluding ortho intramolecular Hbond substituents is 1. The average Bonchev–Trinajstić information content (AvgIpc) is 2.36. The summed E-state index contributed by atoms with van der Waals surface area (Å²) < 4.78 is 10.4. The number of rotatable bonds is 3. The first-order valence-corrected chi connectivity index (χ1v) is 6.33. The lowest BCUT2D eigenvalue weighted by atomic mass is 9.80. The maximum atomic E-state index is 11.4. The van der Waals surface area contributed by atoms with E-state index in [9.17, 15) is 9.90 Å². The first kappa shape index (κ1) is 16.4. The van der Waals surface area contributed by atoms with Crippen LogP contribution in [0.1, 0.15) is 32.4 Å². The molecule has 1 atom stereocenters. The van der Waals surface area contributed by atoms with Crippen molar-refractivity contribution in [2.45, 2.75) is 26.8 Å². The van der Waals surface area contributed by atoms with E-state index < -0.39 is 6.09 Å². The Kier molecular flexibility index (Phi) is 5.11. The topological polar surface area (TPSA) is 67.8 Å². The predicted octanol–water partition coefficient (Wildman–Crippen LogP) is 3.02. The van der Waals surface area contributed by atoms with E-state index in [1.807, 2.05) is 20.8 Å². The van der Waals surface area contributed by atoms with Gasteiger partial charge in [-0.05, 0) is 24.6 Å². The van der Waals surface area contributed by atoms with Gasteiger partial charge in [0.1, 0.15) is 6.61 Å². The third-order valence-corrected chi connectivity index (χ3v) is 3.24. The van der Waals surface area contributed by atoms with Crippen LogP contribution in [0, 0.1) is 5.41 Å². The summed E-state index contributed by atoms with van der Waals surface area (Å²) in [7, 11) is 0. The quantitative estimate of drug-likeness (QED) is 0.900. The minimum Gasteiger partial charge on any atom is -0.504 e. The molecule has 1 aromatic carbocycles. The van der Waals surface area contributed by atoms with Crippen LogP contribution in [0.3, 0.4) is 0 Å². The molecule has 20 heavy (non-hydrogen) atoms. The molecule has 2 N–H and O–H groups in total. The highest BCUT2D eigenvalue weighted by Crippen LogP contribution is 2.39. The fraction of sp³-hybridized carbons (Fsp3) is 0.500. The number of amides is 1. The van der Waals surface area contributed by atoms with Crippen molar-refractivity contribution in [2.75, 3.05) is 13.2 Å². The van der Waals surface area contributed by atoms with Gasteiger partial charge >= 0.3 is 6.09 Å². The number of hydrogen-bond acceptors (Lipinski definition) is 4. The maximum Gasteiger partial charge on any atom is 0.407 e. The number of ether oxygens (including phenoxy) is 2. The molecule has 1 amide bonds. The van der Waals surface area contributed by atoms with Crippen LogP contribution in [0.2, 0.25) is 0 Å². The van der Waals surface area contributed by atoms with E-state index in [0.29, 0.717) is 19.0 Å². The van der Waals surface area contributed by atoms with Crippen molar-refractivity contribution >= 4 is 18.5 Å². The molecule has 0 radical (unpaired) electrons. The number of aromatic hydroxyl groups is 1. The standard InChI is InChI=1S/C14H19NO4.ClH/c1-4-18-11-7-9(5-6-10(11)16)12-14(2,3)8-19-13(17)15-12;/h5-7,12,16H,4,8H2,1-3H3,(H,15,17);1H/t12-;/m1./s1. The number of alkyl carbamates (subject to hydrolysis) is 1. The van der Waals surface area contributed by atoms with Crippen LogP contribution >= 0.6 is 12.4 Å². The predicted molar refractivity (Wildman–Crippen MR) is 77.5 cm³/mol. The van der Waals surface area contributed by atoms with Crippen LogP contribution < -0.4 is 10.1 Å². The van der Waals surface area contributed by atoms with Gasteiger partial charge in [0.2, 0.25) is 0 Å². The highest BCUT2D eigenvalue weighted by atomic mass is 35.5. The zero-order valence-corrected chi connectivity index (χ0v) is 12.6. The second-order valence-electron chi connectivity index (χ2n) is 5.30. The normalized spacial score (nSPS) is 20.4. The average molecular weight is 302 g/mol. The van der Waals surface area contributed by atoms with Gasteiger partial charge < -0.3 is 19.9 Å². The molecule has 6 heteroatoms. The summed E-state index contributed by atoms with van der Waals surface area (Å²) >= 11 is 0. The van der Waals surface area contributed by atoms with Crippen LogP contribution in [-0.4, -0.2) is 24.4 Å². The summed E-state index contributed by atoms with van der Waals surface area (Å²) in [5.41, 5.74) is 0.664. The van der Waals surface area contributed by atoms with Gasteiger partial charge in [-0.1, -0.05) is 19.9 Å². The lowest BCUT2D eigenvalue weighted by Crippen LogP contribution is -2.46. The number of carbonyl (C=O) groups excluding carboxylic acids is 1. The van der Waals surface area contributed by atoms with Crippen LogP contribution in [-0.2, 0) is 4.74 Å². The van der Waals surface area contributed by atoms with Crippen LogP contribution in [0.15, 0.2) is 18.2 Å². The lowest BCUT2D eigenvalue weighted by Gasteiger charge is -2.38. The Hall–Kier alpha value is -1.62. The number of phenols is 1. The molecule has 0 bridgehead atoms. The van der Waals surface area contributed by atoms with E-state index in [2.05, 4.69) is 5.32 Å². The zero-order chi connectivity index (χ0) is 14.0. The summed E-state index contributed by atoms with van der Waals surface area (Å²) in [4.78, 5) is 11.4. The summed E-state index contributed by atoms with van der Waals surface area (Å²) in [5.74, 6) is 0.526. The van der Waals surface area contributed by atoms with Crippen molar-refractivity contribution in [3.8, 4) is 11.5 Å². The van der Waals surface area contributed by atoms with Crippen molar-refractivity contribution in [2.24, 2.45) is 5.41 Å². The van der Waals surface area contributed by atoms with Gasteiger partial charge in [-0.2, -0.15) is 0 Å². The molecule has 1 heterocycles. The van der Waals surface area contributed by atoms with E-state index in [4.69, 9.17) is 9.47 Å². The third-order valence-electron chi connectivity index (χ3n) is 3.24. The summed E-state index contributed by atoms with van der Waals surface area (Å²) in [5, 5.41) is 12.5. The Balaban J connectivity index is 0.00000200. The summed E-state index contributed by atoms with van der Waals surface area (Å²) in [6.45, 7) is 6.72. The van der Waals surface area contributed by atoms with Gasteiger partial charge in [-0.25, -0.2) is 4.79 Å². The van der Waals surface area contributed by atoms with Gasteiger partial charge in [0, 0.05) is 5.41 Å². The smallest absolute Gasteiger partial charge is 0.407 e. The molecule has 0 saturated carbocycles. The molecule has 1 saturated heterocycles. The Morgan fingerprint density at radius 3 is 2.85 bits per heavy atom. The number of cyclic esters (lactones) is 1. The molecular weight excluding hydrogens is 282 g/mol. The van der Waals surface area contributed by atoms with E-state index in [1.54, 1.807) is 18.2 Å². The minimum atomic E-state index is -0.421. The molecule has 1 fully saturated rings. The summed E-state index contributed by atoms with van der Waals surface area (Å²) in [6.07, 6.45) is -0.421. The molecule has 0 aliphatic carbocycles. The molecule has 112 valence electrons. The molecule has 2 rings (SSSR count). The van der Waals surface area contributed by atoms with Crippen LogP contribution in [0.25, 0.3) is 0 Å². The molecule has 0 unspecified atom stereocenters. The van der Waals surface area contributed by atoms with Gasteiger partial charge in [0.15, 0.2) is 11.5 Å². The fourth-order valence-corrected chi connectivity index (χ4v) is 2.21. The second kappa shape index (κ2) is 6.22. The minimum absolute atomic E-state index is 0. The molecule has 5 nitrogen and oxygen atoms in total. The Morgan fingerprint density at radius 2 is 2.20 bits per heavy atom. The summed E-state index contributed by atoms with van der Waals surface area (Å²) in [6, 6.07) is 4.96. The largest absolute Gasteiger partial charge is 0.504 e. The van der Waals surface area contributed by atoms with Gasteiger partial charge in [0.05, 0.1) is 12.6 Å². The molecule has 0 spiro atoms. The molecule has 0 aromatic heterocycles. The van der Waals surface area contributed by atoms with Crippen LogP contribution in [0.4, 0.5) is 4.79 Å². The highest BCUT2D eigenvalue weighted by molar-refractivity contribution is 5.85. The molecule has 1 aliphatic heterocycles. The lowest BCUT2D eigenvalue weighted by molar-refractivity contribution is 0.0386. The third kappa shape index (κ3) is 3.28. The van der Waals surface area contributed by atoms with Crippen molar-refractivity contribution < 1.29 is 19.4 Å². The van der Waals surface area contributed by atoms with Crippen LogP contribution in [0.5, 0.6) is 11.5 Å². The number of benzene rings is 1. The number of carbonyl (C=O) groups is 1. The molecule has 1 aromatic rings. The SMILES string of the molecule is CCOc1cc([C@H]2NC(=O)OCC2(C)C)ccc1O.Cl. The zero-order valence-electron chi connectivity index (χ0n) is 11.8. The van der Waals surface area contributed by atoms with E-state index in [0.717, 1.165) is 5.56 Å². The van der Waals surface area contributed by atoms with Crippen molar-refractivity contribution in [3.05, 3.63) is 23.8 Å². The van der Waals surface area contributed by atoms with E-state index in [1.165, 1.54) is 0 Å². The first-order valence-electron chi connectivity index (χ1n) is 6.33. The number of hydrogen-bond donors (Lipinski definition) is 2. The van der Waals surface area contributed by atoms with Gasteiger partial charge in [-0.15, -0.1) is 12.4 Å². The molecule has 1 aliphatic rings. The van der Waals surface area contributed by atoms with Gasteiger partial charge in [-0.3, -0.25) is 0 Å². The Labute approximate surface area is 124 Å². The Bertz CT molecular complexity index is 490. The number of halogens is 1. The van der Waals surface area contributed by atoms with Gasteiger partial charge in [0.25, 0.3) is 0 Å². The van der Waals surface area contributed by atoms with E-state index >= 15 is 0 Å². The van der Waals surface area contributed by atoms with E-state index in [-0.39, 0.29) is 29.6 Å². The maximum absolute atomic E-state index is 11.4. The highest BCUT2D eigenvalue weighted by Gasteiger charge is 2.38. The first-order chi connectivity index (χ1) is 8.94. The second-order valence-corrected chi connectivity index (χ2v) is 5.30. The van der Waals surface area contributed by atoms with Crippen molar-refractivity contribution in [1.29, 1.82) is 0 Å². The Morgan fingerprint density at radius 1 is 1.50 bits per heavy atom. The van der Waals surface area contributed by atoms with Crippen molar-refractivity contribution in [3.63, 3.8) is 0 Å². The monoisotopic (exact) mass is 301 g/mol. The number of nitrogens with one attached hydrogen (secondary N) is 1. The molecular formula is C14H20ClNO4. The fourth-order valence-electron chi connectivity index (χ4n) is 2.21.